The van der Waals surface area contributed by atoms with Gasteiger partial charge in [-0.3, -0.25) is 0 Å². The number of aromatic nitrogens is 3. The van der Waals surface area contributed by atoms with Gasteiger partial charge in [-0.25, -0.2) is 9.07 Å². The predicted octanol–water partition coefficient (Wildman–Crippen LogP) is 1.58. The van der Waals surface area contributed by atoms with Crippen molar-refractivity contribution in [2.24, 2.45) is 5.92 Å². The van der Waals surface area contributed by atoms with Gasteiger partial charge < -0.3 is 10.5 Å². The van der Waals surface area contributed by atoms with Crippen molar-refractivity contribution in [2.75, 3.05) is 18.9 Å². The third-order valence-corrected chi connectivity index (χ3v) is 3.40. The van der Waals surface area contributed by atoms with E-state index in [1.165, 1.54) is 12.1 Å². The summed E-state index contributed by atoms with van der Waals surface area (Å²) in [6, 6.07) is 2.93. The smallest absolute Gasteiger partial charge is 0.148 e. The second-order valence-corrected chi connectivity index (χ2v) is 4.69. The number of anilines is 1. The van der Waals surface area contributed by atoms with Crippen LogP contribution in [0.25, 0.3) is 11.0 Å². The maximum Gasteiger partial charge on any atom is 0.148 e. The normalized spacial score (nSPS) is 17.4. The van der Waals surface area contributed by atoms with E-state index in [0.717, 1.165) is 32.6 Å². The van der Waals surface area contributed by atoms with Crippen LogP contribution in [-0.2, 0) is 11.3 Å². The fourth-order valence-electron chi connectivity index (χ4n) is 2.31. The largest absolute Gasteiger partial charge is 0.396 e. The van der Waals surface area contributed by atoms with Crippen molar-refractivity contribution in [3.63, 3.8) is 0 Å². The molecular formula is C12H15FN4O. The number of rotatable bonds is 2. The summed E-state index contributed by atoms with van der Waals surface area (Å²) in [5, 5.41) is 8.10. The fourth-order valence-corrected chi connectivity index (χ4v) is 2.31. The molecule has 0 spiro atoms. The zero-order valence-electron chi connectivity index (χ0n) is 9.97. The molecule has 2 heterocycles. The van der Waals surface area contributed by atoms with Crippen molar-refractivity contribution in [3.05, 3.63) is 17.9 Å². The first-order valence-electron chi connectivity index (χ1n) is 6.10. The molecule has 1 saturated heterocycles. The highest BCUT2D eigenvalue weighted by Crippen LogP contribution is 2.22. The molecule has 18 heavy (non-hydrogen) atoms. The van der Waals surface area contributed by atoms with Crippen LogP contribution in [0.4, 0.5) is 10.1 Å². The molecule has 0 atom stereocenters. The number of halogens is 1. The third kappa shape index (κ3) is 2.03. The molecule has 1 aliphatic rings. The van der Waals surface area contributed by atoms with E-state index >= 15 is 0 Å². The summed E-state index contributed by atoms with van der Waals surface area (Å²) in [6.45, 7) is 2.33. The van der Waals surface area contributed by atoms with E-state index in [1.54, 1.807) is 4.68 Å². The highest BCUT2D eigenvalue weighted by molar-refractivity contribution is 5.78. The van der Waals surface area contributed by atoms with Crippen molar-refractivity contribution in [1.82, 2.24) is 15.0 Å². The van der Waals surface area contributed by atoms with E-state index in [2.05, 4.69) is 10.3 Å². The van der Waals surface area contributed by atoms with Gasteiger partial charge in [-0.1, -0.05) is 5.21 Å². The third-order valence-electron chi connectivity index (χ3n) is 3.40. The maximum absolute atomic E-state index is 13.5. The van der Waals surface area contributed by atoms with Gasteiger partial charge in [0, 0.05) is 25.8 Å². The first-order chi connectivity index (χ1) is 8.74. The summed E-state index contributed by atoms with van der Waals surface area (Å²) in [7, 11) is 0. The van der Waals surface area contributed by atoms with Crippen molar-refractivity contribution in [2.45, 2.75) is 19.4 Å². The molecule has 6 heteroatoms. The Morgan fingerprint density at radius 3 is 2.94 bits per heavy atom. The highest BCUT2D eigenvalue weighted by Gasteiger charge is 2.17. The van der Waals surface area contributed by atoms with Crippen LogP contribution in [0.15, 0.2) is 12.1 Å². The number of nitrogens with two attached hydrogens (primary N) is 1. The first kappa shape index (κ1) is 11.4. The van der Waals surface area contributed by atoms with Crippen LogP contribution >= 0.6 is 0 Å². The molecule has 2 N–H and O–H groups in total. The average molecular weight is 250 g/mol. The number of hydrogen-bond acceptors (Lipinski definition) is 4. The Balaban J connectivity index is 1.89. The van der Waals surface area contributed by atoms with E-state index in [0.29, 0.717) is 17.0 Å². The zero-order chi connectivity index (χ0) is 12.5. The molecule has 0 unspecified atom stereocenters. The minimum Gasteiger partial charge on any atom is -0.396 e. The molecule has 0 aliphatic carbocycles. The van der Waals surface area contributed by atoms with Crippen LogP contribution in [0.1, 0.15) is 12.8 Å². The minimum absolute atomic E-state index is 0.112. The lowest BCUT2D eigenvalue weighted by atomic mass is 10.0. The quantitative estimate of drug-likeness (QED) is 0.822. The summed E-state index contributed by atoms with van der Waals surface area (Å²) < 4.78 is 20.5. The van der Waals surface area contributed by atoms with E-state index in [9.17, 15) is 4.39 Å². The van der Waals surface area contributed by atoms with Crippen LogP contribution in [0, 0.1) is 11.7 Å². The van der Waals surface area contributed by atoms with Crippen molar-refractivity contribution < 1.29 is 9.13 Å². The monoisotopic (exact) mass is 250 g/mol. The molecule has 1 aromatic carbocycles. The van der Waals surface area contributed by atoms with E-state index in [-0.39, 0.29) is 5.69 Å². The molecule has 0 radical (unpaired) electrons. The van der Waals surface area contributed by atoms with E-state index in [4.69, 9.17) is 10.5 Å². The Bertz CT molecular complexity index is 562. The second-order valence-electron chi connectivity index (χ2n) is 4.69. The van der Waals surface area contributed by atoms with Crippen molar-refractivity contribution in [3.8, 4) is 0 Å². The lowest BCUT2D eigenvalue weighted by molar-refractivity contribution is 0.0604. The lowest BCUT2D eigenvalue weighted by Gasteiger charge is -2.21. The average Bonchev–Trinajstić information content (AvgIpc) is 2.74. The Morgan fingerprint density at radius 2 is 2.17 bits per heavy atom. The molecule has 0 amide bonds. The van der Waals surface area contributed by atoms with Gasteiger partial charge in [0.25, 0.3) is 0 Å². The SMILES string of the molecule is Nc1cc2nnn(CC3CCOCC3)c2cc1F. The number of ether oxygens (including phenoxy) is 1. The van der Waals surface area contributed by atoms with Gasteiger partial charge in [0.1, 0.15) is 11.3 Å². The lowest BCUT2D eigenvalue weighted by Crippen LogP contribution is -2.21. The first-order valence-corrected chi connectivity index (χ1v) is 6.10. The molecule has 2 aromatic rings. The van der Waals surface area contributed by atoms with Crippen LogP contribution < -0.4 is 5.73 Å². The molecule has 1 fully saturated rings. The summed E-state index contributed by atoms with van der Waals surface area (Å²) >= 11 is 0. The van der Waals surface area contributed by atoms with Gasteiger partial charge in [-0.05, 0) is 24.8 Å². The number of nitrogen functional groups attached to an aromatic ring is 1. The van der Waals surface area contributed by atoms with E-state index < -0.39 is 5.82 Å². The van der Waals surface area contributed by atoms with Gasteiger partial charge >= 0.3 is 0 Å². The van der Waals surface area contributed by atoms with Gasteiger partial charge in [-0.2, -0.15) is 0 Å². The van der Waals surface area contributed by atoms with Crippen LogP contribution in [0.2, 0.25) is 0 Å². The van der Waals surface area contributed by atoms with Gasteiger partial charge in [0.15, 0.2) is 0 Å². The Labute approximate surface area is 104 Å². The molecular weight excluding hydrogens is 235 g/mol. The molecule has 96 valence electrons. The topological polar surface area (TPSA) is 66.0 Å². The summed E-state index contributed by atoms with van der Waals surface area (Å²) in [5.41, 5.74) is 6.96. The van der Waals surface area contributed by atoms with E-state index in [1.807, 2.05) is 0 Å². The predicted molar refractivity (Wildman–Crippen MR) is 65.4 cm³/mol. The van der Waals surface area contributed by atoms with Gasteiger partial charge in [0.2, 0.25) is 0 Å². The molecule has 5 nitrogen and oxygen atoms in total. The molecule has 1 aromatic heterocycles. The van der Waals surface area contributed by atoms with Crippen molar-refractivity contribution in [1.29, 1.82) is 0 Å². The Hall–Kier alpha value is -1.69. The number of nitrogens with zero attached hydrogens (tertiary/aromatic N) is 3. The standard InChI is InChI=1S/C12H15FN4O/c13-9-5-12-11(6-10(9)14)15-16-17(12)7-8-1-3-18-4-2-8/h5-6,8H,1-4,7,14H2. The van der Waals surface area contributed by atoms with Crippen LogP contribution in [-0.4, -0.2) is 28.2 Å². The molecule has 1 aliphatic heterocycles. The summed E-state index contributed by atoms with van der Waals surface area (Å²) in [5.74, 6) is 0.0993. The number of fused-ring (bicyclic) bond motifs is 1. The van der Waals surface area contributed by atoms with Gasteiger partial charge in [0.05, 0.1) is 11.2 Å². The highest BCUT2D eigenvalue weighted by atomic mass is 19.1. The maximum atomic E-state index is 13.5. The Kier molecular flexibility index (Phi) is 2.87. The summed E-state index contributed by atoms with van der Waals surface area (Å²) in [4.78, 5) is 0. The van der Waals surface area contributed by atoms with Gasteiger partial charge in [-0.15, -0.1) is 5.10 Å². The number of hydrogen-bond donors (Lipinski definition) is 1. The van der Waals surface area contributed by atoms with Crippen LogP contribution in [0.5, 0.6) is 0 Å². The second kappa shape index (κ2) is 4.53. The molecule has 0 saturated carbocycles. The molecule has 0 bridgehead atoms. The summed E-state index contributed by atoms with van der Waals surface area (Å²) in [6.07, 6.45) is 2.03. The number of benzene rings is 1. The fraction of sp³-hybridized carbons (Fsp3) is 0.500. The van der Waals surface area contributed by atoms with Crippen LogP contribution in [0.3, 0.4) is 0 Å². The molecule has 3 rings (SSSR count). The Morgan fingerprint density at radius 1 is 1.39 bits per heavy atom. The zero-order valence-corrected chi connectivity index (χ0v) is 9.97. The minimum atomic E-state index is -0.418. The van der Waals surface area contributed by atoms with Crippen molar-refractivity contribution >= 4 is 16.7 Å².